The number of hydrogen-bond acceptors (Lipinski definition) is 3. The second kappa shape index (κ2) is 7.73. The fraction of sp³-hybridized carbons (Fsp3) is 0.273. The zero-order valence-electron chi connectivity index (χ0n) is 15.5. The molecule has 150 valence electrons. The van der Waals surface area contributed by atoms with Gasteiger partial charge in [-0.25, -0.2) is 0 Å². The highest BCUT2D eigenvalue weighted by molar-refractivity contribution is 5.84. The molecule has 0 bridgehead atoms. The number of fused-ring (bicyclic) bond motifs is 1. The molecule has 0 spiro atoms. The lowest BCUT2D eigenvalue weighted by Gasteiger charge is -2.18. The third-order valence-electron chi connectivity index (χ3n) is 5.02. The summed E-state index contributed by atoms with van der Waals surface area (Å²) >= 11 is 0. The number of aromatic nitrogens is 1. The van der Waals surface area contributed by atoms with Crippen molar-refractivity contribution in [3.8, 4) is 5.75 Å². The Balaban J connectivity index is 1.37. The van der Waals surface area contributed by atoms with Crippen LogP contribution in [0.2, 0.25) is 0 Å². The zero-order valence-corrected chi connectivity index (χ0v) is 15.5. The molecule has 1 aliphatic heterocycles. The highest BCUT2D eigenvalue weighted by Crippen LogP contribution is 2.29. The van der Waals surface area contributed by atoms with Gasteiger partial charge in [-0.3, -0.25) is 9.78 Å². The number of carbonyl (C=O) groups excluding carboxylic acids is 1. The standard InChI is InChI=1S/C22H19F3N2O2/c23-22(24,25)17-8-6-15(7-9-17)13-20(28)27-12-10-18(14-27)29-19-5-1-3-16-4-2-11-26-21(16)19/h1-9,11,18H,10,12-14H2/t18-/m0/s1. The number of para-hydroxylation sites is 1. The summed E-state index contributed by atoms with van der Waals surface area (Å²) in [5.74, 6) is 0.567. The Morgan fingerprint density at radius 2 is 1.86 bits per heavy atom. The number of alkyl halides is 3. The normalized spacial score (nSPS) is 16.9. The minimum absolute atomic E-state index is 0.0701. The van der Waals surface area contributed by atoms with Crippen LogP contribution in [0.15, 0.2) is 60.8 Å². The second-order valence-electron chi connectivity index (χ2n) is 7.07. The summed E-state index contributed by atoms with van der Waals surface area (Å²) in [6, 6.07) is 14.3. The lowest BCUT2D eigenvalue weighted by atomic mass is 10.1. The van der Waals surface area contributed by atoms with Crippen molar-refractivity contribution in [2.75, 3.05) is 13.1 Å². The quantitative estimate of drug-likeness (QED) is 0.649. The van der Waals surface area contributed by atoms with Crippen LogP contribution in [-0.4, -0.2) is 35.0 Å². The third kappa shape index (κ3) is 4.34. The lowest BCUT2D eigenvalue weighted by molar-refractivity contribution is -0.137. The minimum Gasteiger partial charge on any atom is -0.486 e. The van der Waals surface area contributed by atoms with E-state index in [4.69, 9.17) is 4.74 Å². The van der Waals surface area contributed by atoms with Crippen molar-refractivity contribution in [2.45, 2.75) is 25.1 Å². The van der Waals surface area contributed by atoms with Gasteiger partial charge in [0.25, 0.3) is 0 Å². The largest absolute Gasteiger partial charge is 0.486 e. The van der Waals surface area contributed by atoms with Gasteiger partial charge >= 0.3 is 6.18 Å². The maximum atomic E-state index is 12.7. The number of ether oxygens (including phenoxy) is 1. The summed E-state index contributed by atoms with van der Waals surface area (Å²) in [5.41, 5.74) is 0.627. The van der Waals surface area contributed by atoms with Crippen LogP contribution in [0.25, 0.3) is 10.9 Å². The Labute approximate surface area is 165 Å². The predicted octanol–water partition coefficient (Wildman–Crippen LogP) is 4.48. The number of pyridine rings is 1. The molecule has 29 heavy (non-hydrogen) atoms. The van der Waals surface area contributed by atoms with Crippen LogP contribution in [0, 0.1) is 0 Å². The van der Waals surface area contributed by atoms with Crippen molar-refractivity contribution in [3.05, 3.63) is 71.9 Å². The molecule has 1 saturated heterocycles. The number of likely N-dealkylation sites (tertiary alicyclic amines) is 1. The van der Waals surface area contributed by atoms with Gasteiger partial charge in [0.05, 0.1) is 18.5 Å². The molecule has 1 fully saturated rings. The summed E-state index contributed by atoms with van der Waals surface area (Å²) in [7, 11) is 0. The summed E-state index contributed by atoms with van der Waals surface area (Å²) < 4.78 is 44.1. The Morgan fingerprint density at radius 3 is 2.62 bits per heavy atom. The first kappa shape index (κ1) is 19.2. The van der Waals surface area contributed by atoms with E-state index in [1.54, 1.807) is 11.1 Å². The average molecular weight is 400 g/mol. The molecular formula is C22H19F3N2O2. The molecule has 2 aromatic carbocycles. The molecule has 1 atom stereocenters. The predicted molar refractivity (Wildman–Crippen MR) is 103 cm³/mol. The molecule has 1 aliphatic rings. The molecule has 0 N–H and O–H groups in total. The van der Waals surface area contributed by atoms with Gasteiger partial charge in [-0.15, -0.1) is 0 Å². The van der Waals surface area contributed by atoms with Crippen molar-refractivity contribution >= 4 is 16.8 Å². The van der Waals surface area contributed by atoms with Crippen molar-refractivity contribution in [2.24, 2.45) is 0 Å². The number of benzene rings is 2. The Morgan fingerprint density at radius 1 is 1.10 bits per heavy atom. The van der Waals surface area contributed by atoms with Crippen LogP contribution in [-0.2, 0) is 17.4 Å². The van der Waals surface area contributed by atoms with Crippen LogP contribution < -0.4 is 4.74 Å². The molecule has 0 radical (unpaired) electrons. The molecule has 3 aromatic rings. The van der Waals surface area contributed by atoms with Crippen LogP contribution in [0.4, 0.5) is 13.2 Å². The number of nitrogens with zero attached hydrogens (tertiary/aromatic N) is 2. The Kier molecular flexibility index (Phi) is 5.13. The van der Waals surface area contributed by atoms with Crippen LogP contribution in [0.3, 0.4) is 0 Å². The molecule has 4 nitrogen and oxygen atoms in total. The fourth-order valence-corrected chi connectivity index (χ4v) is 3.50. The topological polar surface area (TPSA) is 42.4 Å². The molecule has 1 amide bonds. The van der Waals surface area contributed by atoms with Gasteiger partial charge < -0.3 is 9.64 Å². The Bertz CT molecular complexity index is 1010. The average Bonchev–Trinajstić information content (AvgIpc) is 3.17. The monoisotopic (exact) mass is 400 g/mol. The van der Waals surface area contributed by atoms with Gasteiger partial charge in [0, 0.05) is 24.5 Å². The number of amides is 1. The molecule has 4 rings (SSSR count). The maximum absolute atomic E-state index is 12.7. The van der Waals surface area contributed by atoms with Gasteiger partial charge in [-0.2, -0.15) is 13.2 Å². The number of rotatable bonds is 4. The van der Waals surface area contributed by atoms with Crippen LogP contribution in [0.1, 0.15) is 17.5 Å². The summed E-state index contributed by atoms with van der Waals surface area (Å²) in [5, 5.41) is 0.984. The first-order chi connectivity index (χ1) is 13.9. The van der Waals surface area contributed by atoms with E-state index in [-0.39, 0.29) is 18.4 Å². The number of carbonyl (C=O) groups is 1. The van der Waals surface area contributed by atoms with E-state index >= 15 is 0 Å². The third-order valence-corrected chi connectivity index (χ3v) is 5.02. The maximum Gasteiger partial charge on any atom is 0.416 e. The smallest absolute Gasteiger partial charge is 0.416 e. The van der Waals surface area contributed by atoms with E-state index in [1.165, 1.54) is 12.1 Å². The second-order valence-corrected chi connectivity index (χ2v) is 7.07. The molecule has 0 aliphatic carbocycles. The van der Waals surface area contributed by atoms with E-state index in [9.17, 15) is 18.0 Å². The van der Waals surface area contributed by atoms with Crippen molar-refractivity contribution in [1.29, 1.82) is 0 Å². The minimum atomic E-state index is -4.38. The Hall–Kier alpha value is -3.09. The van der Waals surface area contributed by atoms with E-state index < -0.39 is 11.7 Å². The zero-order chi connectivity index (χ0) is 20.4. The van der Waals surface area contributed by atoms with E-state index in [1.807, 2.05) is 30.3 Å². The molecular weight excluding hydrogens is 381 g/mol. The highest BCUT2D eigenvalue weighted by atomic mass is 19.4. The summed E-state index contributed by atoms with van der Waals surface area (Å²) in [6.07, 6.45) is -2.04. The molecule has 1 aromatic heterocycles. The van der Waals surface area contributed by atoms with E-state index in [2.05, 4.69) is 4.98 Å². The first-order valence-electron chi connectivity index (χ1n) is 9.34. The SMILES string of the molecule is O=C(Cc1ccc(C(F)(F)F)cc1)N1CC[C@H](Oc2cccc3cccnc23)C1. The fourth-order valence-electron chi connectivity index (χ4n) is 3.50. The molecule has 2 heterocycles. The first-order valence-corrected chi connectivity index (χ1v) is 9.34. The number of hydrogen-bond donors (Lipinski definition) is 0. The van der Waals surface area contributed by atoms with Crippen LogP contribution >= 0.6 is 0 Å². The van der Waals surface area contributed by atoms with Gasteiger partial charge in [0.1, 0.15) is 17.4 Å². The number of halogens is 3. The molecule has 7 heteroatoms. The highest BCUT2D eigenvalue weighted by Gasteiger charge is 2.31. The summed E-state index contributed by atoms with van der Waals surface area (Å²) in [4.78, 5) is 18.6. The van der Waals surface area contributed by atoms with Crippen molar-refractivity contribution in [1.82, 2.24) is 9.88 Å². The molecule has 0 unspecified atom stereocenters. The van der Waals surface area contributed by atoms with Crippen LogP contribution in [0.5, 0.6) is 5.75 Å². The van der Waals surface area contributed by atoms with Gasteiger partial charge in [-0.1, -0.05) is 30.3 Å². The van der Waals surface area contributed by atoms with Crippen molar-refractivity contribution < 1.29 is 22.7 Å². The summed E-state index contributed by atoms with van der Waals surface area (Å²) in [6.45, 7) is 1.00. The van der Waals surface area contributed by atoms with Crippen molar-refractivity contribution in [3.63, 3.8) is 0 Å². The van der Waals surface area contributed by atoms with Gasteiger partial charge in [0.15, 0.2) is 0 Å². The van der Waals surface area contributed by atoms with Gasteiger partial charge in [0.2, 0.25) is 5.91 Å². The van der Waals surface area contributed by atoms with E-state index in [0.29, 0.717) is 30.8 Å². The van der Waals surface area contributed by atoms with Gasteiger partial charge in [-0.05, 0) is 29.8 Å². The lowest BCUT2D eigenvalue weighted by Crippen LogP contribution is -2.32. The molecule has 0 saturated carbocycles. The van der Waals surface area contributed by atoms with E-state index in [0.717, 1.165) is 23.0 Å².